The maximum atomic E-state index is 10.3. The van der Waals surface area contributed by atoms with Crippen LogP contribution in [0.4, 0.5) is 0 Å². The van der Waals surface area contributed by atoms with Crippen molar-refractivity contribution in [3.8, 4) is 0 Å². The van der Waals surface area contributed by atoms with E-state index in [9.17, 15) is 9.90 Å². The first-order valence-corrected chi connectivity index (χ1v) is 3.33. The fourth-order valence-corrected chi connectivity index (χ4v) is 1.04. The molecule has 0 aromatic rings. The van der Waals surface area contributed by atoms with Gasteiger partial charge in [-0.25, -0.2) is 0 Å². The van der Waals surface area contributed by atoms with Crippen molar-refractivity contribution in [3.05, 3.63) is 0 Å². The van der Waals surface area contributed by atoms with Crippen LogP contribution in [0.2, 0.25) is 0 Å². The Hall–Kier alpha value is -0.730. The molecule has 0 aliphatic carbocycles. The van der Waals surface area contributed by atoms with Gasteiger partial charge in [0.1, 0.15) is 18.3 Å². The van der Waals surface area contributed by atoms with Gasteiger partial charge in [0, 0.05) is 7.11 Å². The molecule has 1 rings (SSSR count). The van der Waals surface area contributed by atoms with Gasteiger partial charge in [0.05, 0.1) is 5.97 Å². The molecular formula is C6H13NO6. The minimum Gasteiger partial charge on any atom is -0.547 e. The minimum absolute atomic E-state index is 0. The summed E-state index contributed by atoms with van der Waals surface area (Å²) in [7, 11) is 1.23. The molecule has 0 unspecified atom stereocenters. The normalized spacial score (nSPS) is 38.4. The lowest BCUT2D eigenvalue weighted by Gasteiger charge is -2.13. The summed E-state index contributed by atoms with van der Waals surface area (Å²) in [4.78, 5) is 10.3. The Morgan fingerprint density at radius 2 is 2.00 bits per heavy atom. The molecule has 1 aliphatic rings. The standard InChI is InChI=1S/C6H10O6.H3N/c1-11-6-3(8)2(7)4(12-6)5(9)10;/h2-4,6-8H,1H3,(H,9,10);1H3/t2-,3-,4-,6+;/m0./s1. The molecule has 78 valence electrons. The summed E-state index contributed by atoms with van der Waals surface area (Å²) in [6.07, 6.45) is -5.48. The zero-order chi connectivity index (χ0) is 9.30. The summed E-state index contributed by atoms with van der Waals surface area (Å²) < 4.78 is 9.16. The van der Waals surface area contributed by atoms with Crippen molar-refractivity contribution in [2.45, 2.75) is 24.6 Å². The average Bonchev–Trinajstić information content (AvgIpc) is 2.30. The van der Waals surface area contributed by atoms with E-state index >= 15 is 0 Å². The fraction of sp³-hybridized carbons (Fsp3) is 0.833. The summed E-state index contributed by atoms with van der Waals surface area (Å²) in [5.74, 6) is -1.57. The molecule has 6 N–H and O–H groups in total. The van der Waals surface area contributed by atoms with Crippen LogP contribution in [-0.2, 0) is 14.3 Å². The molecule has 0 saturated carbocycles. The van der Waals surface area contributed by atoms with Crippen LogP contribution in [-0.4, -0.2) is 47.9 Å². The Morgan fingerprint density at radius 3 is 2.23 bits per heavy atom. The highest BCUT2D eigenvalue weighted by Gasteiger charge is 2.43. The molecular weight excluding hydrogens is 182 g/mol. The van der Waals surface area contributed by atoms with Crippen molar-refractivity contribution in [3.63, 3.8) is 0 Å². The van der Waals surface area contributed by atoms with Gasteiger partial charge in [-0.15, -0.1) is 0 Å². The first kappa shape index (κ1) is 12.3. The molecule has 0 amide bonds. The molecule has 7 heteroatoms. The van der Waals surface area contributed by atoms with E-state index in [1.54, 1.807) is 0 Å². The number of aliphatic hydroxyl groups excluding tert-OH is 2. The number of carboxylic acids is 1. The van der Waals surface area contributed by atoms with Crippen LogP contribution in [0.25, 0.3) is 0 Å². The Labute approximate surface area is 74.5 Å². The van der Waals surface area contributed by atoms with E-state index in [1.807, 2.05) is 0 Å². The highest BCUT2D eigenvalue weighted by Crippen LogP contribution is 2.20. The first-order chi connectivity index (χ1) is 5.57. The average molecular weight is 195 g/mol. The predicted octanol–water partition coefficient (Wildman–Crippen LogP) is -2.79. The third-order valence-corrected chi connectivity index (χ3v) is 1.68. The van der Waals surface area contributed by atoms with E-state index in [-0.39, 0.29) is 6.15 Å². The summed E-state index contributed by atoms with van der Waals surface area (Å²) in [6.45, 7) is 0. The van der Waals surface area contributed by atoms with Gasteiger partial charge in [-0.05, 0) is 0 Å². The minimum atomic E-state index is -1.57. The number of rotatable bonds is 2. The molecule has 4 atom stereocenters. The second kappa shape index (κ2) is 4.49. The third-order valence-electron chi connectivity index (χ3n) is 1.68. The number of ether oxygens (including phenoxy) is 2. The van der Waals surface area contributed by atoms with E-state index in [2.05, 4.69) is 9.47 Å². The zero-order valence-corrected chi connectivity index (χ0v) is 7.34. The SMILES string of the molecule is CO[C@@H]1O[C@H](C(=O)[O-])[C@@H](O)[C@@H]1O.[NH4+]. The Balaban J connectivity index is 0.00000144. The number of carboxylic acid groups (broad SMARTS) is 1. The quantitative estimate of drug-likeness (QED) is 0.435. The summed E-state index contributed by atoms with van der Waals surface area (Å²) in [5, 5.41) is 28.4. The Kier molecular flexibility index (Phi) is 4.24. The van der Waals surface area contributed by atoms with Crippen LogP contribution in [0.1, 0.15) is 0 Å². The monoisotopic (exact) mass is 195 g/mol. The maximum Gasteiger partial charge on any atom is 0.186 e. The van der Waals surface area contributed by atoms with Gasteiger partial charge >= 0.3 is 0 Å². The Morgan fingerprint density at radius 1 is 1.46 bits per heavy atom. The lowest BCUT2D eigenvalue weighted by atomic mass is 10.1. The molecule has 1 fully saturated rings. The van der Waals surface area contributed by atoms with Crippen LogP contribution in [0.3, 0.4) is 0 Å². The van der Waals surface area contributed by atoms with Crippen molar-refractivity contribution in [2.75, 3.05) is 7.11 Å². The van der Waals surface area contributed by atoms with Gasteiger partial charge in [-0.3, -0.25) is 0 Å². The number of aliphatic carboxylic acids is 1. The highest BCUT2D eigenvalue weighted by molar-refractivity contribution is 5.71. The van der Waals surface area contributed by atoms with E-state index in [0.29, 0.717) is 0 Å². The zero-order valence-electron chi connectivity index (χ0n) is 7.34. The van der Waals surface area contributed by atoms with E-state index in [4.69, 9.17) is 10.2 Å². The molecule has 0 radical (unpaired) electrons. The van der Waals surface area contributed by atoms with Gasteiger partial charge in [0.2, 0.25) is 0 Å². The molecule has 13 heavy (non-hydrogen) atoms. The van der Waals surface area contributed by atoms with Crippen molar-refractivity contribution >= 4 is 5.97 Å². The number of hydrogen-bond acceptors (Lipinski definition) is 6. The lowest BCUT2D eigenvalue weighted by Crippen LogP contribution is -2.43. The molecule has 0 aromatic heterocycles. The first-order valence-electron chi connectivity index (χ1n) is 3.33. The number of aliphatic hydroxyl groups is 2. The second-order valence-electron chi connectivity index (χ2n) is 2.46. The number of carbonyl (C=O) groups excluding carboxylic acids is 1. The molecule has 7 nitrogen and oxygen atoms in total. The van der Waals surface area contributed by atoms with Crippen molar-refractivity contribution < 1.29 is 29.6 Å². The largest absolute Gasteiger partial charge is 0.547 e. The summed E-state index contributed by atoms with van der Waals surface area (Å²) >= 11 is 0. The van der Waals surface area contributed by atoms with Gasteiger partial charge in [0.25, 0.3) is 0 Å². The number of quaternary nitrogens is 1. The fourth-order valence-electron chi connectivity index (χ4n) is 1.04. The van der Waals surface area contributed by atoms with Crippen molar-refractivity contribution in [2.24, 2.45) is 0 Å². The number of methoxy groups -OCH3 is 1. The van der Waals surface area contributed by atoms with E-state index in [1.165, 1.54) is 7.11 Å². The molecule has 1 saturated heterocycles. The third kappa shape index (κ3) is 2.14. The van der Waals surface area contributed by atoms with Crippen LogP contribution in [0, 0.1) is 0 Å². The van der Waals surface area contributed by atoms with E-state index < -0.39 is 30.6 Å². The van der Waals surface area contributed by atoms with Gasteiger partial charge < -0.3 is 35.7 Å². The second-order valence-corrected chi connectivity index (χ2v) is 2.46. The number of carbonyl (C=O) groups is 1. The smallest absolute Gasteiger partial charge is 0.186 e. The molecule has 0 aromatic carbocycles. The predicted molar refractivity (Wildman–Crippen MR) is 38.7 cm³/mol. The lowest BCUT2D eigenvalue weighted by molar-refractivity contribution is -0.320. The topological polar surface area (TPSA) is 136 Å². The summed E-state index contributed by atoms with van der Waals surface area (Å²) in [5.41, 5.74) is 0. The molecule has 1 heterocycles. The van der Waals surface area contributed by atoms with Gasteiger partial charge in [0.15, 0.2) is 6.29 Å². The van der Waals surface area contributed by atoms with Crippen molar-refractivity contribution in [1.82, 2.24) is 6.15 Å². The maximum absolute atomic E-state index is 10.3. The van der Waals surface area contributed by atoms with Crippen LogP contribution in [0.5, 0.6) is 0 Å². The number of hydrogen-bond donors (Lipinski definition) is 3. The molecule has 0 spiro atoms. The highest BCUT2D eigenvalue weighted by atomic mass is 16.7. The van der Waals surface area contributed by atoms with Crippen LogP contribution in [0.15, 0.2) is 0 Å². The van der Waals surface area contributed by atoms with Crippen LogP contribution < -0.4 is 11.3 Å². The van der Waals surface area contributed by atoms with E-state index in [0.717, 1.165) is 0 Å². The summed E-state index contributed by atoms with van der Waals surface area (Å²) in [6, 6.07) is 0. The van der Waals surface area contributed by atoms with Crippen LogP contribution >= 0.6 is 0 Å². The Bertz CT molecular complexity index is 186. The van der Waals surface area contributed by atoms with Gasteiger partial charge in [-0.1, -0.05) is 0 Å². The van der Waals surface area contributed by atoms with Gasteiger partial charge in [-0.2, -0.15) is 0 Å². The van der Waals surface area contributed by atoms with Crippen molar-refractivity contribution in [1.29, 1.82) is 0 Å². The molecule has 1 aliphatic heterocycles. The molecule has 0 bridgehead atoms.